The van der Waals surface area contributed by atoms with Crippen molar-refractivity contribution in [3.63, 3.8) is 0 Å². The van der Waals surface area contributed by atoms with Crippen LogP contribution >= 0.6 is 35.0 Å². The first kappa shape index (κ1) is 19.6. The molecule has 7 heteroatoms. The number of carbonyl (C=O) groups excluding carboxylic acids is 2. The zero-order chi connectivity index (χ0) is 18.6. The summed E-state index contributed by atoms with van der Waals surface area (Å²) in [5, 5.41) is 3.55. The van der Waals surface area contributed by atoms with E-state index in [0.29, 0.717) is 21.3 Å². The maximum Gasteiger partial charge on any atom is 0.253 e. The van der Waals surface area contributed by atoms with Gasteiger partial charge in [-0.3, -0.25) is 9.59 Å². The molecule has 1 unspecified atom stereocenters. The van der Waals surface area contributed by atoms with Gasteiger partial charge in [-0.1, -0.05) is 29.3 Å². The average molecular weight is 397 g/mol. The summed E-state index contributed by atoms with van der Waals surface area (Å²) in [5.74, 6) is -0.306. The first-order valence-corrected chi connectivity index (χ1v) is 9.16. The Hall–Kier alpha value is -1.69. The van der Waals surface area contributed by atoms with Gasteiger partial charge in [0.1, 0.15) is 0 Å². The van der Waals surface area contributed by atoms with Gasteiger partial charge in [0.15, 0.2) is 0 Å². The molecule has 0 spiro atoms. The number of nitrogens with zero attached hydrogens (tertiary/aromatic N) is 1. The fourth-order valence-corrected chi connectivity index (χ4v) is 3.45. The van der Waals surface area contributed by atoms with Crippen molar-refractivity contribution in [1.29, 1.82) is 0 Å². The standard InChI is InChI=1S/C18H18Cl2N2O2S/c1-11(25-16-10-13(19)7-8-15(16)20)17(23)21-14-6-4-5-12(9-14)18(24)22(2)3/h4-11H,1-3H3,(H,21,23). The maximum atomic E-state index is 12.4. The van der Waals surface area contributed by atoms with E-state index in [1.54, 1.807) is 63.5 Å². The highest BCUT2D eigenvalue weighted by Gasteiger charge is 2.17. The van der Waals surface area contributed by atoms with Crippen molar-refractivity contribution >= 4 is 52.5 Å². The lowest BCUT2D eigenvalue weighted by Gasteiger charge is -2.14. The SMILES string of the molecule is CC(Sc1cc(Cl)ccc1Cl)C(=O)Nc1cccc(C(=O)N(C)C)c1. The lowest BCUT2D eigenvalue weighted by atomic mass is 10.2. The summed E-state index contributed by atoms with van der Waals surface area (Å²) in [4.78, 5) is 26.7. The Bertz CT molecular complexity index is 796. The van der Waals surface area contributed by atoms with E-state index >= 15 is 0 Å². The summed E-state index contributed by atoms with van der Waals surface area (Å²) in [6.07, 6.45) is 0. The molecule has 1 N–H and O–H groups in total. The van der Waals surface area contributed by atoms with Gasteiger partial charge in [0.05, 0.1) is 10.3 Å². The predicted molar refractivity (Wildman–Crippen MR) is 105 cm³/mol. The molecule has 0 bridgehead atoms. The Balaban J connectivity index is 2.07. The Morgan fingerprint density at radius 2 is 1.84 bits per heavy atom. The van der Waals surface area contributed by atoms with E-state index < -0.39 is 0 Å². The molecule has 2 rings (SSSR count). The van der Waals surface area contributed by atoms with Crippen LogP contribution in [0.25, 0.3) is 0 Å². The first-order valence-electron chi connectivity index (χ1n) is 7.52. The van der Waals surface area contributed by atoms with Gasteiger partial charge in [-0.05, 0) is 43.3 Å². The molecule has 0 heterocycles. The topological polar surface area (TPSA) is 49.4 Å². The van der Waals surface area contributed by atoms with Crippen LogP contribution in [0.4, 0.5) is 5.69 Å². The van der Waals surface area contributed by atoms with Crippen LogP contribution in [0.15, 0.2) is 47.4 Å². The number of hydrogen-bond donors (Lipinski definition) is 1. The number of hydrogen-bond acceptors (Lipinski definition) is 3. The molecule has 0 radical (unpaired) electrons. The second-order valence-corrected chi connectivity index (χ2v) is 7.83. The van der Waals surface area contributed by atoms with Gasteiger partial charge in [0.25, 0.3) is 5.91 Å². The molecule has 2 aromatic rings. The number of amides is 2. The summed E-state index contributed by atoms with van der Waals surface area (Å²) in [6, 6.07) is 12.0. The molecule has 0 fully saturated rings. The highest BCUT2D eigenvalue weighted by Crippen LogP contribution is 2.33. The number of carbonyl (C=O) groups is 2. The lowest BCUT2D eigenvalue weighted by molar-refractivity contribution is -0.115. The molecule has 0 saturated heterocycles. The summed E-state index contributed by atoms with van der Waals surface area (Å²) < 4.78 is 0. The summed E-state index contributed by atoms with van der Waals surface area (Å²) in [6.45, 7) is 1.78. The predicted octanol–water partition coefficient (Wildman–Crippen LogP) is 4.81. The molecule has 0 aromatic heterocycles. The number of thioether (sulfide) groups is 1. The van der Waals surface area contributed by atoms with Crippen molar-refractivity contribution < 1.29 is 9.59 Å². The van der Waals surface area contributed by atoms with Gasteiger partial charge in [-0.2, -0.15) is 0 Å². The Kier molecular flexibility index (Phi) is 6.76. The third-order valence-corrected chi connectivity index (χ3v) is 5.19. The van der Waals surface area contributed by atoms with Crippen molar-refractivity contribution in [3.8, 4) is 0 Å². The Morgan fingerprint density at radius 3 is 2.52 bits per heavy atom. The fourth-order valence-electron chi connectivity index (χ4n) is 2.04. The molecular formula is C18H18Cl2N2O2S. The molecule has 2 amide bonds. The van der Waals surface area contributed by atoms with E-state index in [2.05, 4.69) is 5.32 Å². The van der Waals surface area contributed by atoms with Crippen LogP contribution < -0.4 is 5.32 Å². The Morgan fingerprint density at radius 1 is 1.12 bits per heavy atom. The first-order chi connectivity index (χ1) is 11.8. The highest BCUT2D eigenvalue weighted by atomic mass is 35.5. The van der Waals surface area contributed by atoms with Crippen LogP contribution in [0.5, 0.6) is 0 Å². The minimum atomic E-state index is -0.385. The van der Waals surface area contributed by atoms with E-state index in [9.17, 15) is 9.59 Å². The molecule has 25 heavy (non-hydrogen) atoms. The molecule has 2 aromatic carbocycles. The maximum absolute atomic E-state index is 12.4. The van der Waals surface area contributed by atoms with Crippen LogP contribution in [0.1, 0.15) is 17.3 Å². The van der Waals surface area contributed by atoms with Gasteiger partial charge < -0.3 is 10.2 Å². The number of anilines is 1. The third kappa shape index (κ3) is 5.39. The number of benzene rings is 2. The smallest absolute Gasteiger partial charge is 0.253 e. The monoisotopic (exact) mass is 396 g/mol. The summed E-state index contributed by atoms with van der Waals surface area (Å²) in [7, 11) is 3.36. The van der Waals surface area contributed by atoms with Gasteiger partial charge in [0.2, 0.25) is 5.91 Å². The molecule has 0 aliphatic heterocycles. The zero-order valence-corrected chi connectivity index (χ0v) is 16.4. The summed E-state index contributed by atoms with van der Waals surface area (Å²) >= 11 is 13.4. The minimum Gasteiger partial charge on any atom is -0.345 e. The van der Waals surface area contributed by atoms with Crippen LogP contribution in [0.3, 0.4) is 0 Å². The average Bonchev–Trinajstić information content (AvgIpc) is 2.57. The fraction of sp³-hybridized carbons (Fsp3) is 0.222. The molecule has 0 aliphatic rings. The molecule has 4 nitrogen and oxygen atoms in total. The van der Waals surface area contributed by atoms with Gasteiger partial charge in [-0.25, -0.2) is 0 Å². The number of nitrogens with one attached hydrogen (secondary N) is 1. The van der Waals surface area contributed by atoms with E-state index in [1.165, 1.54) is 16.7 Å². The molecule has 0 aliphatic carbocycles. The van der Waals surface area contributed by atoms with Crippen LogP contribution in [0, 0.1) is 0 Å². The largest absolute Gasteiger partial charge is 0.345 e. The van der Waals surface area contributed by atoms with E-state index in [-0.39, 0.29) is 17.1 Å². The molecular weight excluding hydrogens is 379 g/mol. The van der Waals surface area contributed by atoms with E-state index in [1.807, 2.05) is 0 Å². The highest BCUT2D eigenvalue weighted by molar-refractivity contribution is 8.00. The third-order valence-electron chi connectivity index (χ3n) is 3.35. The lowest BCUT2D eigenvalue weighted by Crippen LogP contribution is -2.24. The minimum absolute atomic E-state index is 0.121. The van der Waals surface area contributed by atoms with Crippen molar-refractivity contribution in [3.05, 3.63) is 58.1 Å². The second-order valence-electron chi connectivity index (χ2n) is 5.60. The molecule has 132 valence electrons. The van der Waals surface area contributed by atoms with Crippen molar-refractivity contribution in [2.75, 3.05) is 19.4 Å². The molecule has 0 saturated carbocycles. The van der Waals surface area contributed by atoms with Gasteiger partial charge in [-0.15, -0.1) is 11.8 Å². The summed E-state index contributed by atoms with van der Waals surface area (Å²) in [5.41, 5.74) is 1.09. The Labute approximate surface area is 161 Å². The van der Waals surface area contributed by atoms with Crippen LogP contribution in [-0.2, 0) is 4.79 Å². The van der Waals surface area contributed by atoms with E-state index in [4.69, 9.17) is 23.2 Å². The van der Waals surface area contributed by atoms with Gasteiger partial charge >= 0.3 is 0 Å². The van der Waals surface area contributed by atoms with E-state index in [0.717, 1.165) is 4.90 Å². The normalized spacial score (nSPS) is 11.7. The van der Waals surface area contributed by atoms with Crippen molar-refractivity contribution in [2.45, 2.75) is 17.1 Å². The zero-order valence-electron chi connectivity index (χ0n) is 14.0. The quantitative estimate of drug-likeness (QED) is 0.737. The second kappa shape index (κ2) is 8.61. The number of rotatable bonds is 5. The molecule has 1 atom stereocenters. The van der Waals surface area contributed by atoms with Crippen LogP contribution in [0.2, 0.25) is 10.0 Å². The number of halogens is 2. The van der Waals surface area contributed by atoms with Crippen molar-refractivity contribution in [1.82, 2.24) is 4.90 Å². The van der Waals surface area contributed by atoms with Crippen LogP contribution in [-0.4, -0.2) is 36.1 Å². The van der Waals surface area contributed by atoms with Gasteiger partial charge in [0, 0.05) is 35.3 Å². The van der Waals surface area contributed by atoms with Crippen molar-refractivity contribution in [2.24, 2.45) is 0 Å².